The number of ether oxygens (including phenoxy) is 9. The topological polar surface area (TPSA) is 507 Å². The molecular weight excluding hydrogens is 1560 g/mol. The fraction of sp³-hybridized carbons (Fsp3) is 0.753. The number of aliphatic carboxylic acids is 2. The highest BCUT2D eigenvalue weighted by Gasteiger charge is 2.53. The van der Waals surface area contributed by atoms with E-state index in [1.807, 2.05) is 36.4 Å². The summed E-state index contributed by atoms with van der Waals surface area (Å²) in [6.45, 7) is 4.70. The zero-order valence-electron chi connectivity index (χ0n) is 69.8. The molecular formula is C89H135NO30. The first-order valence-corrected chi connectivity index (χ1v) is 44.0. The second kappa shape index (κ2) is 46.4. The van der Waals surface area contributed by atoms with Gasteiger partial charge < -0.3 is 135 Å². The van der Waals surface area contributed by atoms with Crippen molar-refractivity contribution in [3.8, 4) is 17.2 Å². The van der Waals surface area contributed by atoms with Crippen molar-refractivity contribution in [3.05, 3.63) is 88.0 Å². The molecule has 0 spiro atoms. The molecule has 3 heterocycles. The Morgan fingerprint density at radius 3 is 1.27 bits per heavy atom. The van der Waals surface area contributed by atoms with E-state index >= 15 is 0 Å². The van der Waals surface area contributed by atoms with Gasteiger partial charge in [-0.2, -0.15) is 0 Å². The molecule has 6 aliphatic carbocycles. The minimum absolute atomic E-state index is 0.0555. The van der Waals surface area contributed by atoms with Crippen molar-refractivity contribution in [2.45, 2.75) is 330 Å². The molecule has 12 rings (SSSR count). The van der Waals surface area contributed by atoms with Crippen LogP contribution in [0.5, 0.6) is 17.2 Å². The number of carboxylic acids is 2. The van der Waals surface area contributed by atoms with Gasteiger partial charge in [-0.05, 0) is 220 Å². The van der Waals surface area contributed by atoms with E-state index in [1.165, 1.54) is 6.92 Å². The lowest BCUT2D eigenvalue weighted by atomic mass is 9.73. The largest absolute Gasteiger partial charge is 0.482 e. The summed E-state index contributed by atoms with van der Waals surface area (Å²) in [5.41, 5.74) is 6.41. The summed E-state index contributed by atoms with van der Waals surface area (Å²) in [4.78, 5) is 46.5. The van der Waals surface area contributed by atoms with Crippen LogP contribution in [0.1, 0.15) is 196 Å². The molecule has 120 heavy (non-hydrogen) atoms. The van der Waals surface area contributed by atoms with Gasteiger partial charge >= 0.3 is 17.9 Å². The highest BCUT2D eigenvalue weighted by Crippen LogP contribution is 2.53. The summed E-state index contributed by atoms with van der Waals surface area (Å²) in [5, 5.41) is 175. The van der Waals surface area contributed by atoms with Crippen LogP contribution in [0.25, 0.3) is 0 Å². The minimum Gasteiger partial charge on any atom is -0.482 e. The SMILES string of the molecule is CCCCC[C@@H](O)CC[C@H]1[C@@H]2Cc3cccc(OCC(=O)O)c3C[C@@H]2C[C@@H]1O[C@@H]1O[C@H](CO)[C@@H](O)[C@H](O)[C@H]1O.CCCCC[C@@H](O)CC[C@H]1[C@@H]2Cc3cccc(OCC(=O)OC4O[C@H](CO)[C@@H](O)[C@H](O)[C@H]4NC(C)=O)c3C[C@@H]2C[C@@H]1O.CCCCC[C@H](CC[C@H]1[C@@H]2Cc3cccc(OCC(=O)O)c3C[C@@H]2C[C@@H]1O)O[C@@H]1O[C@H](CO)[C@@H](O)[C@H](O)[C@H]1O. The standard InChI is InChI=1S/C31H47NO10.2C29H44O10/c1-3-4-5-8-20(35)10-11-21-22-12-18-7-6-9-25(23(18)13-19(22)14-24(21)36)40-16-27(37)42-31-28(32-17(2)34)30(39)29(38)26(15-33)41-31;1-2-3-4-7-18(38-29-28(36)27(35)26(34)24(14-30)39-29)9-10-19-20-11-16-6-5-8-23(37-15-25(32)33)21(16)12-17(20)13-22(19)31;1-2-3-4-7-18(31)9-10-19-20-11-16-6-5-8-22(37-15-25(32)33)21(16)12-17(20)13-23(19)38-29-28(36)27(35)26(34)24(14-30)39-29/h6-7,9,19-22,24,26,28-31,33,35-36,38-39H,3-5,8,10-16H2,1-2H3,(H,32,34);5-6,8,17-20,22,24,26-31,34-36H,2-4,7,9-15H2,1H3,(H,32,33);5-6,8,17-20,23-24,26-31,34-36H,2-4,7,9-15H2,1H3,(H,32,33)/t19-,20-,21+,22-,24+,26-,28-,29-,30-,31?;17-,18-,19+,20-,22+,24-,26-,27+,28-,29-;17-,18-,19+,20-,23+,24-,26-,27+,28-,29-/m111/s1. The predicted octanol–water partition coefficient (Wildman–Crippen LogP) is 3.80. The number of carbonyl (C=O) groups is 4. The molecule has 9 aliphatic rings. The first-order valence-electron chi connectivity index (χ1n) is 44.0. The monoisotopic (exact) mass is 1700 g/mol. The number of carboxylic acid groups (broad SMARTS) is 2. The molecule has 3 saturated carbocycles. The summed E-state index contributed by atoms with van der Waals surface area (Å²) < 4.78 is 51.6. The summed E-state index contributed by atoms with van der Waals surface area (Å²) in [6.07, 6.45) is 1.34. The number of rotatable bonds is 39. The number of hydrogen-bond acceptors (Lipinski definition) is 28. The smallest absolute Gasteiger partial charge is 0.346 e. The van der Waals surface area contributed by atoms with Crippen molar-refractivity contribution in [2.75, 3.05) is 39.6 Å². The fourth-order valence-corrected chi connectivity index (χ4v) is 20.4. The maximum absolute atomic E-state index is 12.7. The van der Waals surface area contributed by atoms with Crippen molar-refractivity contribution in [1.82, 2.24) is 5.32 Å². The lowest BCUT2D eigenvalue weighted by Crippen LogP contribution is -2.64. The quantitative estimate of drug-likeness (QED) is 0.0285. The van der Waals surface area contributed by atoms with Gasteiger partial charge in [0.25, 0.3) is 0 Å². The maximum Gasteiger partial charge on any atom is 0.346 e. The molecule has 1 unspecified atom stereocenters. The van der Waals surface area contributed by atoms with E-state index in [0.29, 0.717) is 68.1 Å². The minimum atomic E-state index is -1.53. The van der Waals surface area contributed by atoms with E-state index in [-0.39, 0.29) is 72.3 Å². The zero-order chi connectivity index (χ0) is 86.6. The van der Waals surface area contributed by atoms with E-state index in [2.05, 4.69) is 32.2 Å². The number of hydrogen-bond donors (Lipinski definition) is 18. The molecule has 18 N–H and O–H groups in total. The number of fused-ring (bicyclic) bond motifs is 6. The summed E-state index contributed by atoms with van der Waals surface area (Å²) >= 11 is 0. The van der Waals surface area contributed by atoms with Crippen LogP contribution in [-0.4, -0.2) is 279 Å². The Morgan fingerprint density at radius 1 is 0.442 bits per heavy atom. The Morgan fingerprint density at radius 2 is 0.833 bits per heavy atom. The van der Waals surface area contributed by atoms with Gasteiger partial charge in [-0.25, -0.2) is 14.4 Å². The van der Waals surface area contributed by atoms with Gasteiger partial charge in [0.15, 0.2) is 32.4 Å². The average molecular weight is 1700 g/mol. The molecule has 0 bridgehead atoms. The van der Waals surface area contributed by atoms with Crippen molar-refractivity contribution in [2.24, 2.45) is 53.3 Å². The van der Waals surface area contributed by atoms with E-state index in [9.17, 15) is 95.8 Å². The molecule has 6 fully saturated rings. The second-order valence-corrected chi connectivity index (χ2v) is 34.9. The van der Waals surface area contributed by atoms with Crippen LogP contribution in [0.2, 0.25) is 0 Å². The van der Waals surface area contributed by atoms with E-state index in [0.717, 1.165) is 162 Å². The number of unbranched alkanes of at least 4 members (excludes halogenated alkanes) is 6. The third kappa shape index (κ3) is 25.1. The molecule has 30 atom stereocenters. The summed E-state index contributed by atoms with van der Waals surface area (Å²) in [7, 11) is 0. The molecule has 1 amide bonds. The van der Waals surface area contributed by atoms with Gasteiger partial charge in [0.05, 0.1) is 56.4 Å². The van der Waals surface area contributed by atoms with Crippen LogP contribution in [-0.2, 0) is 86.1 Å². The third-order valence-corrected chi connectivity index (χ3v) is 26.8. The van der Waals surface area contributed by atoms with Crippen molar-refractivity contribution < 1.29 is 149 Å². The van der Waals surface area contributed by atoms with Crippen LogP contribution < -0.4 is 19.5 Å². The normalized spacial score (nSPS) is 34.1. The van der Waals surface area contributed by atoms with Gasteiger partial charge in [0.1, 0.15) is 90.4 Å². The zero-order valence-corrected chi connectivity index (χ0v) is 69.8. The Bertz CT molecular complexity index is 3660. The third-order valence-electron chi connectivity index (χ3n) is 26.8. The number of benzene rings is 3. The number of nitrogens with one attached hydrogen (secondary N) is 1. The van der Waals surface area contributed by atoms with E-state index in [4.69, 9.17) is 52.8 Å². The van der Waals surface area contributed by atoms with Gasteiger partial charge in [-0.3, -0.25) is 4.79 Å². The lowest BCUT2D eigenvalue weighted by molar-refractivity contribution is -0.314. The molecule has 3 aromatic rings. The van der Waals surface area contributed by atoms with E-state index in [1.54, 1.807) is 12.1 Å². The Hall–Kier alpha value is -5.86. The van der Waals surface area contributed by atoms with E-state index < -0.39 is 167 Å². The van der Waals surface area contributed by atoms with Crippen LogP contribution in [0.3, 0.4) is 0 Å². The number of aliphatic hydroxyl groups is 15. The molecule has 676 valence electrons. The molecule has 0 radical (unpaired) electrons. The summed E-state index contributed by atoms with van der Waals surface area (Å²) in [5.74, 6) is 0.244. The van der Waals surface area contributed by atoms with Crippen LogP contribution in [0, 0.1) is 53.3 Å². The lowest BCUT2D eigenvalue weighted by Gasteiger charge is -2.41. The van der Waals surface area contributed by atoms with Crippen molar-refractivity contribution in [1.29, 1.82) is 0 Å². The predicted molar refractivity (Wildman–Crippen MR) is 431 cm³/mol. The van der Waals surface area contributed by atoms with Gasteiger partial charge in [0, 0.05) is 6.92 Å². The highest BCUT2D eigenvalue weighted by atomic mass is 16.7. The number of carbonyl (C=O) groups excluding carboxylic acids is 2. The van der Waals surface area contributed by atoms with Crippen molar-refractivity contribution in [3.63, 3.8) is 0 Å². The molecule has 3 saturated heterocycles. The number of aliphatic hydroxyl groups excluding tert-OH is 15. The van der Waals surface area contributed by atoms with Gasteiger partial charge in [0.2, 0.25) is 12.2 Å². The fourth-order valence-electron chi connectivity index (χ4n) is 20.4. The molecule has 31 nitrogen and oxygen atoms in total. The highest BCUT2D eigenvalue weighted by molar-refractivity contribution is 5.74. The molecule has 3 aromatic carbocycles. The Balaban J connectivity index is 0.000000189. The first-order chi connectivity index (χ1) is 57.6. The first kappa shape index (κ1) is 96.4. The van der Waals surface area contributed by atoms with Crippen LogP contribution in [0.4, 0.5) is 0 Å². The van der Waals surface area contributed by atoms with Gasteiger partial charge in [-0.15, -0.1) is 0 Å². The van der Waals surface area contributed by atoms with Gasteiger partial charge in [-0.1, -0.05) is 115 Å². The van der Waals surface area contributed by atoms with Crippen LogP contribution in [0.15, 0.2) is 54.6 Å². The summed E-state index contributed by atoms with van der Waals surface area (Å²) in [6, 6.07) is 15.9. The number of esters is 1. The maximum atomic E-state index is 12.7. The molecule has 31 heteroatoms. The number of amides is 1. The molecule has 0 aromatic heterocycles. The van der Waals surface area contributed by atoms with Crippen LogP contribution >= 0.6 is 0 Å². The Kier molecular flexibility index (Phi) is 37.2. The Labute approximate surface area is 702 Å². The second-order valence-electron chi connectivity index (χ2n) is 34.9. The molecule has 3 aliphatic heterocycles. The van der Waals surface area contributed by atoms with Crippen molar-refractivity contribution >= 4 is 23.8 Å². The average Bonchev–Trinajstić information content (AvgIpc) is 1.62.